The van der Waals surface area contributed by atoms with Crippen LogP contribution in [0, 0.1) is 0 Å². The molecule has 1 heterocycles. The maximum Gasteiger partial charge on any atom is 0.416 e. The Morgan fingerprint density at radius 3 is 2.28 bits per heavy atom. The monoisotopic (exact) mass is 257 g/mol. The Morgan fingerprint density at radius 2 is 1.83 bits per heavy atom. The molecular weight excluding hydrogens is 243 g/mol. The number of rotatable bonds is 1. The predicted octanol–water partition coefficient (Wildman–Crippen LogP) is 2.90. The van der Waals surface area contributed by atoms with Gasteiger partial charge in [-0.05, 0) is 30.5 Å². The van der Waals surface area contributed by atoms with Gasteiger partial charge in [0.1, 0.15) is 0 Å². The summed E-state index contributed by atoms with van der Waals surface area (Å²) in [5.41, 5.74) is 0.349. The topological polar surface area (TPSA) is 21.3 Å². The summed E-state index contributed by atoms with van der Waals surface area (Å²) in [5, 5.41) is 3.42. The molecule has 1 aromatic carbocycles. The maximum atomic E-state index is 12.4. The molecule has 1 atom stereocenters. The molecule has 2 aliphatic rings. The fourth-order valence-electron chi connectivity index (χ4n) is 2.25. The zero-order chi connectivity index (χ0) is 12.8. The molecule has 1 saturated carbocycles. The first-order chi connectivity index (χ1) is 8.49. The highest BCUT2D eigenvalue weighted by Crippen LogP contribution is 2.40. The lowest BCUT2D eigenvalue weighted by Crippen LogP contribution is -2.44. The number of ether oxygens (including phenoxy) is 1. The second-order valence-corrected chi connectivity index (χ2v) is 5.08. The van der Waals surface area contributed by atoms with E-state index in [1.165, 1.54) is 12.1 Å². The molecule has 1 spiro atoms. The minimum Gasteiger partial charge on any atom is -0.370 e. The van der Waals surface area contributed by atoms with Crippen molar-refractivity contribution in [1.29, 1.82) is 0 Å². The summed E-state index contributed by atoms with van der Waals surface area (Å²) in [7, 11) is 0. The minimum absolute atomic E-state index is 0.140. The van der Waals surface area contributed by atoms with E-state index < -0.39 is 11.7 Å². The molecule has 1 aliphatic carbocycles. The zero-order valence-corrected chi connectivity index (χ0v) is 9.76. The van der Waals surface area contributed by atoms with Gasteiger partial charge < -0.3 is 10.1 Å². The van der Waals surface area contributed by atoms with Gasteiger partial charge in [-0.2, -0.15) is 13.2 Å². The summed E-state index contributed by atoms with van der Waals surface area (Å²) in [4.78, 5) is 0. The fourth-order valence-corrected chi connectivity index (χ4v) is 2.25. The van der Waals surface area contributed by atoms with Crippen LogP contribution in [0.15, 0.2) is 24.3 Å². The minimum atomic E-state index is -4.28. The second kappa shape index (κ2) is 3.96. The van der Waals surface area contributed by atoms with Gasteiger partial charge in [-0.3, -0.25) is 0 Å². The van der Waals surface area contributed by atoms with E-state index in [9.17, 15) is 13.2 Å². The van der Waals surface area contributed by atoms with Crippen molar-refractivity contribution in [3.05, 3.63) is 35.4 Å². The molecule has 1 aromatic rings. The molecule has 1 aliphatic heterocycles. The van der Waals surface area contributed by atoms with Crippen LogP contribution in [0.3, 0.4) is 0 Å². The first-order valence-electron chi connectivity index (χ1n) is 6.02. The first-order valence-corrected chi connectivity index (χ1v) is 6.02. The van der Waals surface area contributed by atoms with E-state index in [-0.39, 0.29) is 11.6 Å². The van der Waals surface area contributed by atoms with Gasteiger partial charge in [0.15, 0.2) is 0 Å². The molecule has 0 amide bonds. The van der Waals surface area contributed by atoms with Gasteiger partial charge in [0, 0.05) is 12.1 Å². The normalized spacial score (nSPS) is 26.3. The molecular formula is C13H14F3NO. The Hall–Kier alpha value is -1.07. The van der Waals surface area contributed by atoms with Gasteiger partial charge >= 0.3 is 6.18 Å². The molecule has 5 heteroatoms. The summed E-state index contributed by atoms with van der Waals surface area (Å²) in [6.45, 7) is 1.32. The third-order valence-electron chi connectivity index (χ3n) is 3.69. The van der Waals surface area contributed by atoms with Crippen LogP contribution in [-0.4, -0.2) is 18.7 Å². The van der Waals surface area contributed by atoms with E-state index in [2.05, 4.69) is 5.32 Å². The van der Waals surface area contributed by atoms with Crippen molar-refractivity contribution in [2.45, 2.75) is 30.7 Å². The van der Waals surface area contributed by atoms with Gasteiger partial charge in [0.05, 0.1) is 18.3 Å². The molecule has 3 rings (SSSR count). The van der Waals surface area contributed by atoms with Crippen LogP contribution in [0.2, 0.25) is 0 Å². The fraction of sp³-hybridized carbons (Fsp3) is 0.538. The third kappa shape index (κ3) is 2.24. The molecule has 98 valence electrons. The number of nitrogens with one attached hydrogen (secondary N) is 1. The summed E-state index contributed by atoms with van der Waals surface area (Å²) >= 11 is 0. The summed E-state index contributed by atoms with van der Waals surface area (Å²) in [6.07, 6.45) is -2.15. The van der Waals surface area contributed by atoms with Gasteiger partial charge in [-0.15, -0.1) is 0 Å². The average Bonchev–Trinajstić information content (AvgIpc) is 3.09. The highest BCUT2D eigenvalue weighted by Gasteiger charge is 2.46. The van der Waals surface area contributed by atoms with Crippen molar-refractivity contribution in [2.75, 3.05) is 13.2 Å². The molecule has 0 bridgehead atoms. The second-order valence-electron chi connectivity index (χ2n) is 5.08. The van der Waals surface area contributed by atoms with Crippen molar-refractivity contribution in [2.24, 2.45) is 0 Å². The number of morpholine rings is 1. The highest BCUT2D eigenvalue weighted by molar-refractivity contribution is 5.27. The van der Waals surface area contributed by atoms with Crippen LogP contribution in [0.1, 0.15) is 30.1 Å². The Kier molecular flexibility index (Phi) is 2.64. The quantitative estimate of drug-likeness (QED) is 0.835. The van der Waals surface area contributed by atoms with Crippen LogP contribution in [0.5, 0.6) is 0 Å². The average molecular weight is 257 g/mol. The molecule has 1 saturated heterocycles. The number of hydrogen-bond acceptors (Lipinski definition) is 2. The van der Waals surface area contributed by atoms with Crippen molar-refractivity contribution in [3.8, 4) is 0 Å². The van der Waals surface area contributed by atoms with Crippen LogP contribution < -0.4 is 5.32 Å². The lowest BCUT2D eigenvalue weighted by molar-refractivity contribution is -0.137. The smallest absolute Gasteiger partial charge is 0.370 e. The summed E-state index contributed by atoms with van der Waals surface area (Å²) < 4.78 is 43.0. The number of alkyl halides is 3. The van der Waals surface area contributed by atoms with E-state index in [0.29, 0.717) is 13.2 Å². The van der Waals surface area contributed by atoms with Gasteiger partial charge in [-0.1, -0.05) is 12.1 Å². The molecule has 0 aromatic heterocycles. The Labute approximate surface area is 103 Å². The zero-order valence-electron chi connectivity index (χ0n) is 9.76. The largest absolute Gasteiger partial charge is 0.416 e. The Morgan fingerprint density at radius 1 is 1.17 bits per heavy atom. The van der Waals surface area contributed by atoms with Crippen LogP contribution >= 0.6 is 0 Å². The van der Waals surface area contributed by atoms with Crippen LogP contribution in [0.4, 0.5) is 13.2 Å². The molecule has 1 N–H and O–H groups in total. The van der Waals surface area contributed by atoms with Gasteiger partial charge in [-0.25, -0.2) is 0 Å². The van der Waals surface area contributed by atoms with E-state index in [1.807, 2.05) is 0 Å². The standard InChI is InChI=1S/C13H14F3NO/c14-13(15,16)10-3-1-9(2-4-10)11-7-17-12(5-6-12)8-18-11/h1-4,11,17H,5-8H2. The third-order valence-corrected chi connectivity index (χ3v) is 3.69. The number of halogens is 3. The number of benzene rings is 1. The Balaban J connectivity index is 1.69. The van der Waals surface area contributed by atoms with E-state index in [4.69, 9.17) is 4.74 Å². The Bertz CT molecular complexity index is 427. The summed E-state index contributed by atoms with van der Waals surface area (Å²) in [5.74, 6) is 0. The lowest BCUT2D eigenvalue weighted by Gasteiger charge is -2.30. The van der Waals surface area contributed by atoms with Crippen LogP contribution in [-0.2, 0) is 10.9 Å². The predicted molar refractivity (Wildman–Crippen MR) is 60.1 cm³/mol. The van der Waals surface area contributed by atoms with Crippen LogP contribution in [0.25, 0.3) is 0 Å². The van der Waals surface area contributed by atoms with Crippen molar-refractivity contribution in [1.82, 2.24) is 5.32 Å². The van der Waals surface area contributed by atoms with Gasteiger partial charge in [0.25, 0.3) is 0 Å². The molecule has 2 nitrogen and oxygen atoms in total. The molecule has 0 radical (unpaired) electrons. The summed E-state index contributed by atoms with van der Waals surface area (Å²) in [6, 6.07) is 5.22. The van der Waals surface area contributed by atoms with Crippen molar-refractivity contribution >= 4 is 0 Å². The van der Waals surface area contributed by atoms with E-state index in [0.717, 1.165) is 30.5 Å². The van der Waals surface area contributed by atoms with Crippen molar-refractivity contribution in [3.63, 3.8) is 0 Å². The first kappa shape index (κ1) is 12.0. The maximum absolute atomic E-state index is 12.4. The number of hydrogen-bond donors (Lipinski definition) is 1. The highest BCUT2D eigenvalue weighted by atomic mass is 19.4. The van der Waals surface area contributed by atoms with E-state index in [1.54, 1.807) is 0 Å². The van der Waals surface area contributed by atoms with Gasteiger partial charge in [0.2, 0.25) is 0 Å². The SMILES string of the molecule is FC(F)(F)c1ccc(C2CNC3(CC3)CO2)cc1. The van der Waals surface area contributed by atoms with E-state index >= 15 is 0 Å². The molecule has 2 fully saturated rings. The molecule has 1 unspecified atom stereocenters. The molecule has 18 heavy (non-hydrogen) atoms. The lowest BCUT2D eigenvalue weighted by atomic mass is 10.0. The van der Waals surface area contributed by atoms with Crippen molar-refractivity contribution < 1.29 is 17.9 Å².